The van der Waals surface area contributed by atoms with Crippen LogP contribution >= 0.6 is 11.6 Å². The maximum Gasteiger partial charge on any atom is 0.263 e. The molecule has 4 aliphatic carbocycles. The molecule has 2 unspecified atom stereocenters. The topological polar surface area (TPSA) is 81.4 Å². The number of primary amides is 1. The zero-order valence-corrected chi connectivity index (χ0v) is 16.6. The summed E-state index contributed by atoms with van der Waals surface area (Å²) in [6.07, 6.45) is 4.70. The Bertz CT molecular complexity index is 745. The highest BCUT2D eigenvalue weighted by Gasteiger charge is 2.58. The van der Waals surface area contributed by atoms with Crippen molar-refractivity contribution in [1.29, 1.82) is 0 Å². The molecule has 5 nitrogen and oxygen atoms in total. The minimum absolute atomic E-state index is 0.106. The average Bonchev–Trinajstić information content (AvgIpc) is 2.59. The summed E-state index contributed by atoms with van der Waals surface area (Å²) in [6, 6.07) is 7.11. The van der Waals surface area contributed by atoms with Crippen molar-refractivity contribution in [3.05, 3.63) is 29.3 Å². The standard InChI is InChI=1S/C21H27ClN2O3/c1-20(2,27-16-5-3-15(22)4-6-16)19(26)24-17-13-7-12-8-14(17)11-21(9-12,10-13)18(23)25/h3-6,12-14,17H,7-11H2,1-2H3,(H2,23,25)(H,24,26). The van der Waals surface area contributed by atoms with Crippen LogP contribution in [0.3, 0.4) is 0 Å². The van der Waals surface area contributed by atoms with Crippen molar-refractivity contribution in [1.82, 2.24) is 5.32 Å². The zero-order chi connectivity index (χ0) is 19.4. The van der Waals surface area contributed by atoms with Crippen LogP contribution in [0.4, 0.5) is 0 Å². The van der Waals surface area contributed by atoms with Gasteiger partial charge in [-0.05, 0) is 88.0 Å². The summed E-state index contributed by atoms with van der Waals surface area (Å²) in [7, 11) is 0. The number of hydrogen-bond acceptors (Lipinski definition) is 3. The number of benzene rings is 1. The minimum atomic E-state index is -0.996. The Labute approximate surface area is 165 Å². The second kappa shape index (κ2) is 6.40. The molecule has 2 atom stereocenters. The van der Waals surface area contributed by atoms with E-state index in [-0.39, 0.29) is 23.3 Å². The Kier molecular flexibility index (Phi) is 4.41. The van der Waals surface area contributed by atoms with Crippen LogP contribution in [0.2, 0.25) is 5.02 Å². The van der Waals surface area contributed by atoms with E-state index in [0.717, 1.165) is 32.1 Å². The Hall–Kier alpha value is -1.75. The number of carbonyl (C=O) groups excluding carboxylic acids is 2. The van der Waals surface area contributed by atoms with Crippen LogP contribution in [-0.2, 0) is 9.59 Å². The second-order valence-electron chi connectivity index (χ2n) is 9.18. The third-order valence-corrected chi connectivity index (χ3v) is 7.08. The Balaban J connectivity index is 1.45. The monoisotopic (exact) mass is 390 g/mol. The van der Waals surface area contributed by atoms with Crippen LogP contribution in [-0.4, -0.2) is 23.5 Å². The molecule has 6 heteroatoms. The van der Waals surface area contributed by atoms with Gasteiger partial charge in [-0.15, -0.1) is 0 Å². The molecule has 5 rings (SSSR count). The lowest BCUT2D eigenvalue weighted by molar-refractivity contribution is -0.150. The highest BCUT2D eigenvalue weighted by Crippen LogP contribution is 2.59. The van der Waals surface area contributed by atoms with Gasteiger partial charge in [0.25, 0.3) is 5.91 Å². The van der Waals surface area contributed by atoms with E-state index in [1.165, 1.54) is 0 Å². The fourth-order valence-electron chi connectivity index (χ4n) is 5.73. The van der Waals surface area contributed by atoms with Crippen molar-refractivity contribution in [2.75, 3.05) is 0 Å². The van der Waals surface area contributed by atoms with E-state index >= 15 is 0 Å². The number of halogens is 1. The molecule has 3 N–H and O–H groups in total. The molecule has 146 valence electrons. The number of carbonyl (C=O) groups is 2. The fraction of sp³-hybridized carbons (Fsp3) is 0.619. The van der Waals surface area contributed by atoms with Crippen molar-refractivity contribution >= 4 is 23.4 Å². The largest absolute Gasteiger partial charge is 0.478 e. The van der Waals surface area contributed by atoms with E-state index in [4.69, 9.17) is 22.1 Å². The van der Waals surface area contributed by atoms with Gasteiger partial charge in [-0.3, -0.25) is 9.59 Å². The predicted octanol–water partition coefficient (Wildman–Crippen LogP) is 3.29. The van der Waals surface area contributed by atoms with Gasteiger partial charge in [-0.25, -0.2) is 0 Å². The van der Waals surface area contributed by atoms with Gasteiger partial charge >= 0.3 is 0 Å². The van der Waals surface area contributed by atoms with Crippen molar-refractivity contribution in [3.63, 3.8) is 0 Å². The molecule has 0 spiro atoms. The summed E-state index contributed by atoms with van der Waals surface area (Å²) in [4.78, 5) is 25.1. The van der Waals surface area contributed by atoms with Crippen LogP contribution < -0.4 is 15.8 Å². The summed E-state index contributed by atoms with van der Waals surface area (Å²) in [5, 5.41) is 3.87. The number of hydrogen-bond donors (Lipinski definition) is 2. The molecular weight excluding hydrogens is 364 g/mol. The highest BCUT2D eigenvalue weighted by molar-refractivity contribution is 6.30. The lowest BCUT2D eigenvalue weighted by Gasteiger charge is -2.59. The molecule has 4 saturated carbocycles. The van der Waals surface area contributed by atoms with Crippen LogP contribution in [0.25, 0.3) is 0 Å². The number of rotatable bonds is 5. The molecule has 1 aromatic rings. The smallest absolute Gasteiger partial charge is 0.263 e. The lowest BCUT2D eigenvalue weighted by Crippen LogP contribution is -2.63. The molecule has 4 aliphatic rings. The first-order chi connectivity index (χ1) is 12.7. The molecule has 0 aliphatic heterocycles. The van der Waals surface area contributed by atoms with E-state index in [1.54, 1.807) is 38.1 Å². The summed E-state index contributed by atoms with van der Waals surface area (Å²) < 4.78 is 5.93. The van der Waals surface area contributed by atoms with E-state index in [9.17, 15) is 9.59 Å². The van der Waals surface area contributed by atoms with Crippen LogP contribution in [0.1, 0.15) is 46.0 Å². The predicted molar refractivity (Wildman–Crippen MR) is 103 cm³/mol. The average molecular weight is 391 g/mol. The Morgan fingerprint density at radius 3 is 2.30 bits per heavy atom. The molecule has 0 heterocycles. The van der Waals surface area contributed by atoms with E-state index in [2.05, 4.69) is 5.32 Å². The van der Waals surface area contributed by atoms with Crippen LogP contribution in [0.15, 0.2) is 24.3 Å². The fourth-order valence-corrected chi connectivity index (χ4v) is 5.86. The Morgan fingerprint density at radius 2 is 1.74 bits per heavy atom. The molecule has 4 bridgehead atoms. The maximum atomic E-state index is 13.0. The first-order valence-corrected chi connectivity index (χ1v) is 10.1. The van der Waals surface area contributed by atoms with Gasteiger partial charge < -0.3 is 15.8 Å². The molecule has 1 aromatic carbocycles. The third kappa shape index (κ3) is 3.31. The number of nitrogens with two attached hydrogens (primary N) is 1. The molecule has 0 aromatic heterocycles. The summed E-state index contributed by atoms with van der Waals surface area (Å²) in [5.74, 6) is 1.57. The lowest BCUT2D eigenvalue weighted by atomic mass is 9.47. The van der Waals surface area contributed by atoms with Gasteiger partial charge in [0.2, 0.25) is 5.91 Å². The molecule has 0 saturated heterocycles. The maximum absolute atomic E-state index is 13.0. The molecule has 27 heavy (non-hydrogen) atoms. The van der Waals surface area contributed by atoms with Gasteiger partial charge in [0.05, 0.1) is 0 Å². The highest BCUT2D eigenvalue weighted by atomic mass is 35.5. The van der Waals surface area contributed by atoms with Gasteiger partial charge in [-0.1, -0.05) is 11.6 Å². The number of amides is 2. The third-order valence-electron chi connectivity index (χ3n) is 6.83. The van der Waals surface area contributed by atoms with Gasteiger partial charge in [0.15, 0.2) is 5.60 Å². The normalized spacial score (nSPS) is 34.3. The first-order valence-electron chi connectivity index (χ1n) is 9.74. The van der Waals surface area contributed by atoms with Crippen molar-refractivity contribution in [3.8, 4) is 5.75 Å². The molecule has 4 fully saturated rings. The summed E-state index contributed by atoms with van der Waals surface area (Å²) in [5.41, 5.74) is 4.41. The van der Waals surface area contributed by atoms with Gasteiger partial charge in [0.1, 0.15) is 5.75 Å². The second-order valence-corrected chi connectivity index (χ2v) is 9.62. The van der Waals surface area contributed by atoms with E-state index < -0.39 is 5.60 Å². The molecular formula is C21H27ClN2O3. The molecule has 2 amide bonds. The van der Waals surface area contributed by atoms with Crippen LogP contribution in [0, 0.1) is 23.2 Å². The van der Waals surface area contributed by atoms with Gasteiger partial charge in [-0.2, -0.15) is 0 Å². The molecule has 0 radical (unpaired) electrons. The van der Waals surface area contributed by atoms with E-state index in [0.29, 0.717) is 28.5 Å². The van der Waals surface area contributed by atoms with Crippen molar-refractivity contribution in [2.24, 2.45) is 28.9 Å². The van der Waals surface area contributed by atoms with Crippen molar-refractivity contribution < 1.29 is 14.3 Å². The van der Waals surface area contributed by atoms with Crippen molar-refractivity contribution in [2.45, 2.75) is 57.6 Å². The first kappa shape index (κ1) is 18.6. The quantitative estimate of drug-likeness (QED) is 0.809. The number of nitrogens with one attached hydrogen (secondary N) is 1. The Morgan fingerprint density at radius 1 is 1.15 bits per heavy atom. The summed E-state index contributed by atoms with van der Waals surface area (Å²) in [6.45, 7) is 3.55. The zero-order valence-electron chi connectivity index (χ0n) is 15.8. The summed E-state index contributed by atoms with van der Waals surface area (Å²) >= 11 is 5.91. The van der Waals surface area contributed by atoms with E-state index in [1.807, 2.05) is 0 Å². The van der Waals surface area contributed by atoms with Crippen LogP contribution in [0.5, 0.6) is 5.75 Å². The number of ether oxygens (including phenoxy) is 1. The SMILES string of the molecule is CC(C)(Oc1ccc(Cl)cc1)C(=O)NC1C2CC3CC1CC(C(N)=O)(C3)C2. The van der Waals surface area contributed by atoms with Gasteiger partial charge in [0, 0.05) is 16.5 Å². The minimum Gasteiger partial charge on any atom is -0.478 e.